The lowest BCUT2D eigenvalue weighted by Crippen LogP contribution is -2.36. The maximum Gasteiger partial charge on any atom is 0.274 e. The number of amides is 1. The van der Waals surface area contributed by atoms with Gasteiger partial charge < -0.3 is 4.90 Å². The van der Waals surface area contributed by atoms with Crippen LogP contribution in [0.4, 0.5) is 0 Å². The molecule has 1 N–H and O–H groups in total. The minimum Gasteiger partial charge on any atom is -0.334 e. The van der Waals surface area contributed by atoms with Crippen LogP contribution in [0.1, 0.15) is 27.2 Å². The standard InChI is InChI=1S/C18H17ClN4O2/c1-10-7-14(15-16(20-10)22(2)21-17(15)24)18(25)23-6-5-11-8-13(19)4-3-12(11)9-23/h3-4,7-8H,5-6,9H2,1-2H3,(H,21,24). The van der Waals surface area contributed by atoms with E-state index in [1.54, 1.807) is 22.7 Å². The summed E-state index contributed by atoms with van der Waals surface area (Å²) in [6, 6.07) is 7.44. The lowest BCUT2D eigenvalue weighted by molar-refractivity contribution is 0.0736. The van der Waals surface area contributed by atoms with Gasteiger partial charge in [0.2, 0.25) is 0 Å². The van der Waals surface area contributed by atoms with Gasteiger partial charge in [-0.05, 0) is 42.7 Å². The van der Waals surface area contributed by atoms with Crippen LogP contribution in [-0.4, -0.2) is 32.1 Å². The molecule has 4 rings (SSSR count). The van der Waals surface area contributed by atoms with Crippen LogP contribution in [0.5, 0.6) is 0 Å². The highest BCUT2D eigenvalue weighted by molar-refractivity contribution is 6.30. The van der Waals surface area contributed by atoms with Gasteiger partial charge in [-0.3, -0.25) is 19.4 Å². The first-order chi connectivity index (χ1) is 11.9. The van der Waals surface area contributed by atoms with E-state index in [1.165, 1.54) is 5.56 Å². The van der Waals surface area contributed by atoms with Crippen LogP contribution in [0, 0.1) is 6.92 Å². The van der Waals surface area contributed by atoms with Gasteiger partial charge in [-0.15, -0.1) is 0 Å². The average Bonchev–Trinajstić information content (AvgIpc) is 2.87. The van der Waals surface area contributed by atoms with E-state index in [0.29, 0.717) is 40.4 Å². The monoisotopic (exact) mass is 356 g/mol. The Labute approximate surface area is 149 Å². The number of H-pyrrole nitrogens is 1. The summed E-state index contributed by atoms with van der Waals surface area (Å²) in [4.78, 5) is 31.5. The number of aromatic amines is 1. The summed E-state index contributed by atoms with van der Waals surface area (Å²) in [5.41, 5.74) is 3.57. The highest BCUT2D eigenvalue weighted by Gasteiger charge is 2.25. The maximum absolute atomic E-state index is 13.1. The van der Waals surface area contributed by atoms with Gasteiger partial charge in [0.05, 0.1) is 10.9 Å². The normalized spacial score (nSPS) is 14.0. The third kappa shape index (κ3) is 2.62. The highest BCUT2D eigenvalue weighted by Crippen LogP contribution is 2.25. The Kier molecular flexibility index (Phi) is 3.65. The summed E-state index contributed by atoms with van der Waals surface area (Å²) in [5, 5.41) is 3.73. The molecule has 1 amide bonds. The van der Waals surface area contributed by atoms with E-state index in [1.807, 2.05) is 25.1 Å². The summed E-state index contributed by atoms with van der Waals surface area (Å²) in [6.07, 6.45) is 0.750. The maximum atomic E-state index is 13.1. The van der Waals surface area contributed by atoms with Crippen LogP contribution < -0.4 is 5.56 Å². The molecule has 0 bridgehead atoms. The van der Waals surface area contributed by atoms with Crippen molar-refractivity contribution >= 4 is 28.5 Å². The topological polar surface area (TPSA) is 71.0 Å². The molecule has 1 aromatic carbocycles. The van der Waals surface area contributed by atoms with Crippen LogP contribution in [0.25, 0.3) is 11.0 Å². The van der Waals surface area contributed by atoms with E-state index in [0.717, 1.165) is 12.0 Å². The van der Waals surface area contributed by atoms with Gasteiger partial charge in [-0.1, -0.05) is 17.7 Å². The number of fused-ring (bicyclic) bond motifs is 2. The molecule has 1 aliphatic rings. The molecule has 128 valence electrons. The van der Waals surface area contributed by atoms with Gasteiger partial charge in [0.25, 0.3) is 11.5 Å². The number of hydrogen-bond acceptors (Lipinski definition) is 3. The molecule has 3 aromatic rings. The first-order valence-electron chi connectivity index (χ1n) is 8.07. The number of benzene rings is 1. The van der Waals surface area contributed by atoms with Crippen LogP contribution in [0.2, 0.25) is 5.02 Å². The Morgan fingerprint density at radius 1 is 1.28 bits per heavy atom. The van der Waals surface area contributed by atoms with Gasteiger partial charge in [-0.2, -0.15) is 0 Å². The van der Waals surface area contributed by atoms with Crippen molar-refractivity contribution in [1.29, 1.82) is 0 Å². The zero-order chi connectivity index (χ0) is 17.7. The van der Waals surface area contributed by atoms with Crippen molar-refractivity contribution < 1.29 is 4.79 Å². The summed E-state index contributed by atoms with van der Waals surface area (Å²) in [6.45, 7) is 2.93. The second kappa shape index (κ2) is 5.74. The van der Waals surface area contributed by atoms with Gasteiger partial charge in [-0.25, -0.2) is 4.98 Å². The molecule has 0 aliphatic carbocycles. The molecule has 0 radical (unpaired) electrons. The van der Waals surface area contributed by atoms with Gasteiger partial charge in [0.1, 0.15) is 0 Å². The van der Waals surface area contributed by atoms with E-state index in [2.05, 4.69) is 10.1 Å². The second-order valence-corrected chi connectivity index (χ2v) is 6.84. The van der Waals surface area contributed by atoms with Crippen molar-refractivity contribution in [2.75, 3.05) is 6.54 Å². The van der Waals surface area contributed by atoms with Crippen molar-refractivity contribution in [3.63, 3.8) is 0 Å². The molecule has 0 unspecified atom stereocenters. The van der Waals surface area contributed by atoms with Gasteiger partial charge in [0.15, 0.2) is 5.65 Å². The number of hydrogen-bond donors (Lipinski definition) is 1. The molecule has 6 nitrogen and oxygen atoms in total. The van der Waals surface area contributed by atoms with Crippen molar-refractivity contribution in [2.45, 2.75) is 19.9 Å². The molecule has 1 aliphatic heterocycles. The lowest BCUT2D eigenvalue weighted by atomic mass is 9.99. The molecular formula is C18H17ClN4O2. The number of nitrogens with one attached hydrogen (secondary N) is 1. The van der Waals surface area contributed by atoms with E-state index in [9.17, 15) is 9.59 Å². The third-order valence-corrected chi connectivity index (χ3v) is 4.88. The lowest BCUT2D eigenvalue weighted by Gasteiger charge is -2.29. The summed E-state index contributed by atoms with van der Waals surface area (Å²) in [7, 11) is 1.71. The minimum atomic E-state index is -0.294. The van der Waals surface area contributed by atoms with Crippen molar-refractivity contribution in [3.05, 3.63) is 62.0 Å². The average molecular weight is 357 g/mol. The number of carbonyl (C=O) groups excluding carboxylic acids is 1. The van der Waals surface area contributed by atoms with Crippen LogP contribution >= 0.6 is 11.6 Å². The summed E-state index contributed by atoms with van der Waals surface area (Å²) in [5.74, 6) is -0.146. The smallest absolute Gasteiger partial charge is 0.274 e. The predicted octanol–water partition coefficient (Wildman–Crippen LogP) is 2.42. The Hall–Kier alpha value is -2.60. The van der Waals surface area contributed by atoms with E-state index in [4.69, 9.17) is 11.6 Å². The zero-order valence-corrected chi connectivity index (χ0v) is 14.7. The highest BCUT2D eigenvalue weighted by atomic mass is 35.5. The molecule has 0 spiro atoms. The Morgan fingerprint density at radius 2 is 2.08 bits per heavy atom. The number of carbonyl (C=O) groups is 1. The minimum absolute atomic E-state index is 0.146. The molecule has 0 atom stereocenters. The quantitative estimate of drug-likeness (QED) is 0.728. The van der Waals surface area contributed by atoms with Gasteiger partial charge in [0, 0.05) is 30.9 Å². The van der Waals surface area contributed by atoms with Gasteiger partial charge >= 0.3 is 0 Å². The van der Waals surface area contributed by atoms with E-state index < -0.39 is 0 Å². The number of pyridine rings is 1. The van der Waals surface area contributed by atoms with Crippen molar-refractivity contribution in [2.24, 2.45) is 7.05 Å². The largest absolute Gasteiger partial charge is 0.334 e. The predicted molar refractivity (Wildman–Crippen MR) is 96.0 cm³/mol. The van der Waals surface area contributed by atoms with Crippen LogP contribution in [0.3, 0.4) is 0 Å². The fourth-order valence-electron chi connectivity index (χ4n) is 3.42. The van der Waals surface area contributed by atoms with E-state index in [-0.39, 0.29) is 11.5 Å². The number of aromatic nitrogens is 3. The Bertz CT molecular complexity index is 1070. The van der Waals surface area contributed by atoms with E-state index >= 15 is 0 Å². The molecule has 3 heterocycles. The Balaban J connectivity index is 1.76. The number of aryl methyl sites for hydroxylation is 2. The van der Waals surface area contributed by atoms with Crippen LogP contribution in [-0.2, 0) is 20.0 Å². The molecule has 25 heavy (non-hydrogen) atoms. The molecule has 7 heteroatoms. The number of nitrogens with zero attached hydrogens (tertiary/aromatic N) is 3. The van der Waals surface area contributed by atoms with Crippen molar-refractivity contribution in [3.8, 4) is 0 Å². The molecule has 0 saturated heterocycles. The molecule has 2 aromatic heterocycles. The SMILES string of the molecule is Cc1cc(C(=O)N2CCc3cc(Cl)ccc3C2)c2c(=O)[nH]n(C)c2n1. The van der Waals surface area contributed by atoms with Crippen LogP contribution in [0.15, 0.2) is 29.1 Å². The number of rotatable bonds is 1. The summed E-state index contributed by atoms with van der Waals surface area (Å²) < 4.78 is 1.55. The molecule has 0 saturated carbocycles. The van der Waals surface area contributed by atoms with Crippen molar-refractivity contribution in [1.82, 2.24) is 19.7 Å². The molecule has 0 fully saturated rings. The first-order valence-corrected chi connectivity index (χ1v) is 8.45. The molecular weight excluding hydrogens is 340 g/mol. The zero-order valence-electron chi connectivity index (χ0n) is 14.0. The second-order valence-electron chi connectivity index (χ2n) is 6.40. The fraction of sp³-hybridized carbons (Fsp3) is 0.278. The number of halogens is 1. The first kappa shape index (κ1) is 15.9. The third-order valence-electron chi connectivity index (χ3n) is 4.64. The fourth-order valence-corrected chi connectivity index (χ4v) is 3.61. The summed E-state index contributed by atoms with van der Waals surface area (Å²) >= 11 is 6.05. The Morgan fingerprint density at radius 3 is 2.88 bits per heavy atom.